The maximum Gasteiger partial charge on any atom is 0.220 e. The van der Waals surface area contributed by atoms with E-state index in [1.54, 1.807) is 0 Å². The summed E-state index contributed by atoms with van der Waals surface area (Å²) in [6.45, 7) is 1.69. The number of nitrogens with one attached hydrogen (secondary N) is 1. The van der Waals surface area contributed by atoms with Gasteiger partial charge < -0.3 is 89.9 Å². The third-order valence-corrected chi connectivity index (χ3v) is 18.5. The zero-order valence-electron chi connectivity index (χ0n) is 59.1. The summed E-state index contributed by atoms with van der Waals surface area (Å²) in [4.78, 5) is 13.5. The maximum absolute atomic E-state index is 13.5. The Hall–Kier alpha value is -3.03. The molecule has 0 aromatic rings. The van der Waals surface area contributed by atoms with Gasteiger partial charge >= 0.3 is 0 Å². The van der Waals surface area contributed by atoms with Crippen LogP contribution in [0.5, 0.6) is 0 Å². The molecule has 17 unspecified atom stereocenters. The molecule has 3 aliphatic heterocycles. The normalized spacial score (nSPS) is 27.5. The van der Waals surface area contributed by atoms with E-state index >= 15 is 0 Å². The van der Waals surface area contributed by atoms with Crippen LogP contribution in [0.3, 0.4) is 0 Å². The molecule has 0 bridgehead atoms. The smallest absolute Gasteiger partial charge is 0.220 e. The Morgan fingerprint density at radius 1 is 0.385 bits per heavy atom. The van der Waals surface area contributed by atoms with Crippen molar-refractivity contribution < 1.29 is 89.4 Å². The van der Waals surface area contributed by atoms with Crippen molar-refractivity contribution in [3.63, 3.8) is 0 Å². The number of aliphatic hydroxyl groups is 11. The number of carbonyl (C=O) groups is 1. The van der Waals surface area contributed by atoms with E-state index in [1.165, 1.54) is 128 Å². The van der Waals surface area contributed by atoms with Crippen molar-refractivity contribution in [3.05, 3.63) is 85.1 Å². The maximum atomic E-state index is 13.5. The predicted molar refractivity (Wildman–Crippen MR) is 378 cm³/mol. The highest BCUT2D eigenvalue weighted by Crippen LogP contribution is 2.33. The van der Waals surface area contributed by atoms with Crippen molar-refractivity contribution in [2.75, 3.05) is 26.4 Å². The van der Waals surface area contributed by atoms with E-state index in [0.29, 0.717) is 12.8 Å². The van der Waals surface area contributed by atoms with Crippen LogP contribution in [0, 0.1) is 0 Å². The van der Waals surface area contributed by atoms with Gasteiger partial charge in [-0.25, -0.2) is 0 Å². The highest BCUT2D eigenvalue weighted by Gasteiger charge is 2.53. The molecular formula is C77H135NO18. The fourth-order valence-corrected chi connectivity index (χ4v) is 12.4. The van der Waals surface area contributed by atoms with Gasteiger partial charge in [0.05, 0.1) is 38.6 Å². The van der Waals surface area contributed by atoms with Crippen molar-refractivity contribution in [1.82, 2.24) is 5.32 Å². The molecule has 96 heavy (non-hydrogen) atoms. The molecule has 3 aliphatic rings. The van der Waals surface area contributed by atoms with E-state index < -0.39 is 124 Å². The number of hydrogen-bond acceptors (Lipinski definition) is 18. The highest BCUT2D eigenvalue weighted by molar-refractivity contribution is 5.76. The van der Waals surface area contributed by atoms with E-state index in [0.717, 1.165) is 103 Å². The Kier molecular flexibility index (Phi) is 52.3. The lowest BCUT2D eigenvalue weighted by Gasteiger charge is -2.48. The van der Waals surface area contributed by atoms with E-state index in [-0.39, 0.29) is 18.9 Å². The standard InChI is InChI=1S/C77H135NO18/c1-3-5-7-9-11-13-15-17-19-21-23-25-27-29-30-31-33-35-37-39-41-43-45-47-49-51-53-55-65(83)78-60(61(82)54-52-50-48-46-44-42-40-38-36-34-32-28-26-24-22-20-18-16-14-12-10-8-6-4-2)59-91-75-71(89)68(86)73(63(57-80)93-75)96-77-72(90)69(87)74(64(58-81)94-77)95-76-70(88)67(85)66(84)62(56-79)92-76/h5,7,11,13,17,19,23,25,29-30,33,35,39,41,60-64,66-77,79-82,84-90H,3-4,6,8-10,12,14-16,18,20-22,24,26-28,31-32,34,36-38,40,42-59H2,1-2H3,(H,78,83)/b7-5-,13-11-,19-17-,25-23-,30-29-,35-33-,41-39-. The highest BCUT2D eigenvalue weighted by atomic mass is 16.8. The van der Waals surface area contributed by atoms with Crippen LogP contribution < -0.4 is 5.32 Å². The van der Waals surface area contributed by atoms with Crippen molar-refractivity contribution >= 4 is 5.91 Å². The van der Waals surface area contributed by atoms with Gasteiger partial charge in [-0.3, -0.25) is 4.79 Å². The Balaban J connectivity index is 1.42. The third-order valence-electron chi connectivity index (χ3n) is 18.5. The summed E-state index contributed by atoms with van der Waals surface area (Å²) in [5, 5.41) is 121. The number of rotatable bonds is 58. The molecule has 3 saturated heterocycles. The molecule has 3 fully saturated rings. The van der Waals surface area contributed by atoms with Crippen LogP contribution in [-0.2, 0) is 33.2 Å². The molecular weight excluding hydrogens is 1230 g/mol. The van der Waals surface area contributed by atoms with Crippen molar-refractivity contribution in [2.45, 2.75) is 369 Å². The minimum atomic E-state index is -1.98. The number of unbranched alkanes of at least 4 members (excludes halogenated alkanes) is 28. The second kappa shape index (κ2) is 57.6. The van der Waals surface area contributed by atoms with Crippen LogP contribution in [-0.4, -0.2) is 193 Å². The zero-order chi connectivity index (χ0) is 69.6. The Bertz CT molecular complexity index is 2070. The minimum Gasteiger partial charge on any atom is -0.394 e. The van der Waals surface area contributed by atoms with Crippen LogP contribution in [0.15, 0.2) is 85.1 Å². The van der Waals surface area contributed by atoms with Gasteiger partial charge in [-0.2, -0.15) is 0 Å². The first-order chi connectivity index (χ1) is 46.8. The van der Waals surface area contributed by atoms with Gasteiger partial charge in [0.15, 0.2) is 18.9 Å². The van der Waals surface area contributed by atoms with Crippen LogP contribution in [0.2, 0.25) is 0 Å². The summed E-state index contributed by atoms with van der Waals surface area (Å²) < 4.78 is 34.5. The van der Waals surface area contributed by atoms with Crippen molar-refractivity contribution in [3.8, 4) is 0 Å². The lowest BCUT2D eigenvalue weighted by atomic mass is 9.96. The molecule has 0 aromatic heterocycles. The lowest BCUT2D eigenvalue weighted by molar-refractivity contribution is -0.379. The molecule has 19 nitrogen and oxygen atoms in total. The van der Waals surface area contributed by atoms with Crippen LogP contribution in [0.4, 0.5) is 0 Å². The number of allylic oxidation sites excluding steroid dienone is 14. The monoisotopic (exact) mass is 1360 g/mol. The van der Waals surface area contributed by atoms with Gasteiger partial charge in [0.25, 0.3) is 0 Å². The fourth-order valence-electron chi connectivity index (χ4n) is 12.4. The fraction of sp³-hybridized carbons (Fsp3) is 0.805. The van der Waals surface area contributed by atoms with Gasteiger partial charge in [0, 0.05) is 6.42 Å². The molecule has 0 spiro atoms. The average Bonchev–Trinajstić information content (AvgIpc) is 1.09. The predicted octanol–water partition coefficient (Wildman–Crippen LogP) is 11.4. The first kappa shape index (κ1) is 87.2. The lowest BCUT2D eigenvalue weighted by Crippen LogP contribution is -2.66. The van der Waals surface area contributed by atoms with E-state index in [1.807, 2.05) is 0 Å². The Labute approximate surface area is 578 Å². The first-order valence-corrected chi connectivity index (χ1v) is 37.8. The quantitative estimate of drug-likeness (QED) is 0.0199. The molecule has 0 aliphatic carbocycles. The van der Waals surface area contributed by atoms with E-state index in [4.69, 9.17) is 28.4 Å². The molecule has 0 radical (unpaired) electrons. The molecule has 1 amide bonds. The molecule has 3 rings (SSSR count). The Morgan fingerprint density at radius 2 is 0.719 bits per heavy atom. The molecule has 12 N–H and O–H groups in total. The van der Waals surface area contributed by atoms with Gasteiger partial charge in [0.2, 0.25) is 5.91 Å². The van der Waals surface area contributed by atoms with Gasteiger partial charge in [-0.1, -0.05) is 272 Å². The third kappa shape index (κ3) is 38.1. The van der Waals surface area contributed by atoms with E-state index in [9.17, 15) is 61.0 Å². The summed E-state index contributed by atoms with van der Waals surface area (Å²) in [6.07, 6.45) is 47.9. The summed E-state index contributed by atoms with van der Waals surface area (Å²) in [6, 6.07) is -0.905. The number of ether oxygens (including phenoxy) is 6. The number of hydrogen-bond donors (Lipinski definition) is 12. The van der Waals surface area contributed by atoms with Gasteiger partial charge in [-0.15, -0.1) is 0 Å². The summed E-state index contributed by atoms with van der Waals surface area (Å²) in [5.41, 5.74) is 0. The molecule has 19 heteroatoms. The SMILES string of the molecule is CC/C=C\C/C=C\C/C=C\C/C=C\C/C=C\C/C=C\C/C=C\CCCCCCCC(=O)NC(COC1OC(CO)C(OC2OC(CO)C(OC3OC(CO)C(O)C(O)C3O)C(O)C2O)C(O)C1O)C(O)CCCCCCCCCCCCCCCCCCCCCCCCCC. The number of carbonyl (C=O) groups excluding carboxylic acids is 1. The molecule has 17 atom stereocenters. The number of amides is 1. The second-order valence-electron chi connectivity index (χ2n) is 26.7. The van der Waals surface area contributed by atoms with Crippen molar-refractivity contribution in [2.24, 2.45) is 0 Å². The minimum absolute atomic E-state index is 0.239. The molecule has 0 aromatic carbocycles. The molecule has 556 valence electrons. The topological polar surface area (TPSA) is 307 Å². The van der Waals surface area contributed by atoms with Gasteiger partial charge in [0.1, 0.15) is 73.2 Å². The number of aliphatic hydroxyl groups excluding tert-OH is 11. The summed E-state index contributed by atoms with van der Waals surface area (Å²) in [7, 11) is 0. The van der Waals surface area contributed by atoms with Gasteiger partial charge in [-0.05, 0) is 70.6 Å². The first-order valence-electron chi connectivity index (χ1n) is 37.8. The zero-order valence-corrected chi connectivity index (χ0v) is 59.1. The van der Waals surface area contributed by atoms with Crippen LogP contribution >= 0.6 is 0 Å². The average molecular weight is 1360 g/mol. The summed E-state index contributed by atoms with van der Waals surface area (Å²) >= 11 is 0. The van der Waals surface area contributed by atoms with Crippen molar-refractivity contribution in [1.29, 1.82) is 0 Å². The summed E-state index contributed by atoms with van der Waals surface area (Å²) in [5.74, 6) is -0.262. The molecule has 0 saturated carbocycles. The molecule has 3 heterocycles. The van der Waals surface area contributed by atoms with E-state index in [2.05, 4.69) is 104 Å². The largest absolute Gasteiger partial charge is 0.394 e. The Morgan fingerprint density at radius 3 is 1.12 bits per heavy atom. The van der Waals surface area contributed by atoms with Crippen LogP contribution in [0.25, 0.3) is 0 Å². The van der Waals surface area contributed by atoms with Crippen LogP contribution in [0.1, 0.15) is 264 Å². The second-order valence-corrected chi connectivity index (χ2v) is 26.7.